The molecule has 0 fully saturated rings. The van der Waals surface area contributed by atoms with E-state index in [0.717, 1.165) is 33.6 Å². The van der Waals surface area contributed by atoms with E-state index in [4.69, 9.17) is 14.8 Å². The summed E-state index contributed by atoms with van der Waals surface area (Å²) < 4.78 is 19.2. The summed E-state index contributed by atoms with van der Waals surface area (Å²) in [7, 11) is 1.63. The van der Waals surface area contributed by atoms with Crippen molar-refractivity contribution in [3.8, 4) is 11.1 Å². The van der Waals surface area contributed by atoms with Crippen LogP contribution in [0.25, 0.3) is 11.1 Å². The summed E-state index contributed by atoms with van der Waals surface area (Å²) in [5, 5.41) is 29.2. The van der Waals surface area contributed by atoms with Crippen LogP contribution >= 0.6 is 0 Å². The van der Waals surface area contributed by atoms with Crippen molar-refractivity contribution in [2.75, 3.05) is 7.11 Å². The van der Waals surface area contributed by atoms with Gasteiger partial charge < -0.3 is 20.1 Å². The molecule has 0 unspecified atom stereocenters. The summed E-state index contributed by atoms with van der Waals surface area (Å²) in [4.78, 5) is 15.8. The smallest absolute Gasteiger partial charge is 0.305 e. The second-order valence-electron chi connectivity index (χ2n) is 9.14. The zero-order valence-electron chi connectivity index (χ0n) is 20.1. The monoisotopic (exact) mass is 461 g/mol. The van der Waals surface area contributed by atoms with Gasteiger partial charge in [-0.2, -0.15) is 0 Å². The van der Waals surface area contributed by atoms with Crippen LogP contribution in [0.2, 0.25) is 0 Å². The van der Waals surface area contributed by atoms with Gasteiger partial charge in [-0.3, -0.25) is 9.78 Å². The highest BCUT2D eigenvalue weighted by Crippen LogP contribution is 2.38. The first kappa shape index (κ1) is 26.9. The van der Waals surface area contributed by atoms with Crippen LogP contribution in [0.5, 0.6) is 0 Å². The maximum absolute atomic E-state index is 13.7. The summed E-state index contributed by atoms with van der Waals surface area (Å²) in [5.41, 5.74) is 5.54. The van der Waals surface area contributed by atoms with Crippen molar-refractivity contribution in [1.82, 2.24) is 4.98 Å². The lowest BCUT2D eigenvalue weighted by atomic mass is 9.85. The first-order chi connectivity index (χ1) is 15.5. The molecule has 0 spiro atoms. The predicted molar refractivity (Wildman–Crippen MR) is 126 cm³/mol. The van der Waals surface area contributed by atoms with Crippen LogP contribution in [0.3, 0.4) is 0 Å². The summed E-state index contributed by atoms with van der Waals surface area (Å²) >= 11 is 0. The van der Waals surface area contributed by atoms with Gasteiger partial charge in [-0.15, -0.1) is 0 Å². The highest BCUT2D eigenvalue weighted by atomic mass is 19.1. The molecule has 0 aliphatic carbocycles. The molecular formula is C26H36FNO5. The van der Waals surface area contributed by atoms with Crippen LogP contribution in [-0.2, 0) is 22.6 Å². The van der Waals surface area contributed by atoms with Crippen LogP contribution in [0, 0.1) is 5.82 Å². The molecule has 2 aromatic rings. The van der Waals surface area contributed by atoms with Crippen LogP contribution in [-0.4, -0.2) is 45.6 Å². The summed E-state index contributed by atoms with van der Waals surface area (Å²) in [6.45, 7) is 8.62. The van der Waals surface area contributed by atoms with E-state index in [1.165, 1.54) is 12.1 Å². The minimum Gasteiger partial charge on any atom is -0.481 e. The van der Waals surface area contributed by atoms with Crippen molar-refractivity contribution in [3.63, 3.8) is 0 Å². The number of aliphatic hydroxyl groups is 2. The lowest BCUT2D eigenvalue weighted by Crippen LogP contribution is -2.21. The molecule has 3 N–H and O–H groups in total. The molecule has 0 aliphatic rings. The zero-order chi connectivity index (χ0) is 24.7. The van der Waals surface area contributed by atoms with Crippen LogP contribution in [0.4, 0.5) is 4.39 Å². The fraction of sp³-hybridized carbons (Fsp3) is 0.538. The number of hydrogen-bond donors (Lipinski definition) is 3. The third-order valence-electron chi connectivity index (χ3n) is 5.66. The number of aliphatic hydroxyl groups excluding tert-OH is 2. The Morgan fingerprint density at radius 3 is 2.09 bits per heavy atom. The van der Waals surface area contributed by atoms with E-state index in [9.17, 15) is 19.4 Å². The number of carbonyl (C=O) groups is 1. The van der Waals surface area contributed by atoms with Crippen LogP contribution in [0.15, 0.2) is 24.3 Å². The summed E-state index contributed by atoms with van der Waals surface area (Å²) in [6.07, 6.45) is -1.58. The van der Waals surface area contributed by atoms with Crippen molar-refractivity contribution >= 4 is 5.97 Å². The van der Waals surface area contributed by atoms with E-state index in [-0.39, 0.29) is 24.1 Å². The van der Waals surface area contributed by atoms with E-state index in [1.807, 2.05) is 0 Å². The van der Waals surface area contributed by atoms with E-state index < -0.39 is 24.6 Å². The number of ether oxygens (including phenoxy) is 1. The standard InChI is InChI=1S/C26H36FNO5/c1-15(2)25-21(11-10-19(29)12-20(30)13-23(31)32)24(17-6-8-18(27)9-7-17)22(14-33-5)26(28-25)16(3)4/h6-9,15-16,19-20,29-30H,10-14H2,1-5H3,(H,31,32)/t19-,20+/m0/s1. The highest BCUT2D eigenvalue weighted by Gasteiger charge is 2.25. The molecule has 2 atom stereocenters. The highest BCUT2D eigenvalue weighted by molar-refractivity contribution is 5.73. The Morgan fingerprint density at radius 2 is 1.58 bits per heavy atom. The topological polar surface area (TPSA) is 99.9 Å². The molecule has 0 saturated heterocycles. The number of halogens is 1. The molecule has 0 amide bonds. The lowest BCUT2D eigenvalue weighted by molar-refractivity contribution is -0.139. The van der Waals surface area contributed by atoms with Crippen LogP contribution in [0.1, 0.15) is 81.3 Å². The van der Waals surface area contributed by atoms with E-state index in [2.05, 4.69) is 27.7 Å². The second-order valence-corrected chi connectivity index (χ2v) is 9.14. The third kappa shape index (κ3) is 7.32. The maximum Gasteiger partial charge on any atom is 0.305 e. The largest absolute Gasteiger partial charge is 0.481 e. The normalized spacial score (nSPS) is 13.5. The SMILES string of the molecule is COCc1c(C(C)C)nc(C(C)C)c(CC[C@H](O)C[C@@H](O)CC(=O)O)c1-c1ccc(F)cc1. The number of hydrogen-bond acceptors (Lipinski definition) is 5. The molecule has 182 valence electrons. The quantitative estimate of drug-likeness (QED) is 0.420. The number of benzene rings is 1. The summed E-state index contributed by atoms with van der Waals surface area (Å²) in [6, 6.07) is 6.35. The molecule has 0 radical (unpaired) electrons. The van der Waals surface area contributed by atoms with Crippen molar-refractivity contribution in [2.45, 2.75) is 84.0 Å². The zero-order valence-corrected chi connectivity index (χ0v) is 20.1. The minimum atomic E-state index is -1.11. The number of nitrogens with zero attached hydrogens (tertiary/aromatic N) is 1. The number of aromatic nitrogens is 1. The van der Waals surface area contributed by atoms with Crippen molar-refractivity contribution in [3.05, 3.63) is 52.6 Å². The molecule has 7 heteroatoms. The van der Waals surface area contributed by atoms with E-state index in [0.29, 0.717) is 19.4 Å². The van der Waals surface area contributed by atoms with Crippen LogP contribution < -0.4 is 0 Å². The Balaban J connectivity index is 2.57. The fourth-order valence-electron chi connectivity index (χ4n) is 4.19. The van der Waals surface area contributed by atoms with Gasteiger partial charge in [-0.05, 0) is 59.9 Å². The number of aliphatic carboxylic acids is 1. The average Bonchev–Trinajstić information content (AvgIpc) is 2.72. The van der Waals surface area contributed by atoms with Crippen molar-refractivity contribution < 1.29 is 29.2 Å². The molecule has 6 nitrogen and oxygen atoms in total. The molecule has 1 aromatic heterocycles. The first-order valence-corrected chi connectivity index (χ1v) is 11.4. The summed E-state index contributed by atoms with van der Waals surface area (Å²) in [5.74, 6) is -1.16. The molecule has 1 heterocycles. The number of carboxylic acids is 1. The van der Waals surface area contributed by atoms with Gasteiger partial charge in [0.1, 0.15) is 5.82 Å². The van der Waals surface area contributed by atoms with Gasteiger partial charge in [0.2, 0.25) is 0 Å². The van der Waals surface area contributed by atoms with Gasteiger partial charge in [0.05, 0.1) is 25.2 Å². The lowest BCUT2D eigenvalue weighted by Gasteiger charge is -2.25. The van der Waals surface area contributed by atoms with E-state index in [1.54, 1.807) is 19.2 Å². The molecule has 0 bridgehead atoms. The van der Waals surface area contributed by atoms with Crippen molar-refractivity contribution in [2.24, 2.45) is 0 Å². The molecule has 2 rings (SSSR count). The number of methoxy groups -OCH3 is 1. The van der Waals surface area contributed by atoms with Crippen molar-refractivity contribution in [1.29, 1.82) is 0 Å². The van der Waals surface area contributed by atoms with Gasteiger partial charge >= 0.3 is 5.97 Å². The average molecular weight is 462 g/mol. The molecular weight excluding hydrogens is 425 g/mol. The van der Waals surface area contributed by atoms with Gasteiger partial charge in [-0.25, -0.2) is 4.39 Å². The van der Waals surface area contributed by atoms with Gasteiger partial charge in [-0.1, -0.05) is 39.8 Å². The minimum absolute atomic E-state index is 0.0162. The Labute approximate surface area is 195 Å². The van der Waals surface area contributed by atoms with E-state index >= 15 is 0 Å². The Kier molecular flexibility index (Phi) is 9.95. The fourth-order valence-corrected chi connectivity index (χ4v) is 4.19. The first-order valence-electron chi connectivity index (χ1n) is 11.4. The Morgan fingerprint density at radius 1 is 1.00 bits per heavy atom. The van der Waals surface area contributed by atoms with Gasteiger partial charge in [0.25, 0.3) is 0 Å². The second kappa shape index (κ2) is 12.2. The third-order valence-corrected chi connectivity index (χ3v) is 5.66. The molecule has 0 saturated carbocycles. The molecule has 1 aromatic carbocycles. The Bertz CT molecular complexity index is 927. The van der Waals surface area contributed by atoms with Gasteiger partial charge in [0, 0.05) is 24.1 Å². The number of pyridine rings is 1. The predicted octanol–water partition coefficient (Wildman–Crippen LogP) is 4.80. The number of rotatable bonds is 12. The van der Waals surface area contributed by atoms with Gasteiger partial charge in [0.15, 0.2) is 0 Å². The molecule has 33 heavy (non-hydrogen) atoms. The molecule has 0 aliphatic heterocycles. The number of carboxylic acid groups (broad SMARTS) is 1. The Hall–Kier alpha value is -2.35. The maximum atomic E-state index is 13.7.